The Labute approximate surface area is 110 Å². The van der Waals surface area contributed by atoms with E-state index < -0.39 is 0 Å². The molecule has 0 atom stereocenters. The summed E-state index contributed by atoms with van der Waals surface area (Å²) < 4.78 is 0. The van der Waals surface area contributed by atoms with E-state index in [-0.39, 0.29) is 6.61 Å². The Balaban J connectivity index is 2.80. The minimum absolute atomic E-state index is 0.168. The normalized spacial score (nSPS) is 10.6. The maximum Gasteiger partial charge on any atom is 0.133 e. The Kier molecular flexibility index (Phi) is 7.37. The summed E-state index contributed by atoms with van der Waals surface area (Å²) in [6, 6.07) is 4.06. The Morgan fingerprint density at radius 3 is 2.83 bits per heavy atom. The first-order valence-corrected chi connectivity index (χ1v) is 6.83. The van der Waals surface area contributed by atoms with Crippen LogP contribution in [-0.2, 0) is 6.54 Å². The number of rotatable bonds is 9. The minimum Gasteiger partial charge on any atom is -0.395 e. The highest BCUT2D eigenvalue weighted by Crippen LogP contribution is 2.17. The van der Waals surface area contributed by atoms with Gasteiger partial charge in [-0.2, -0.15) is 0 Å². The lowest BCUT2D eigenvalue weighted by atomic mass is 10.2. The number of anilines is 1. The van der Waals surface area contributed by atoms with Crippen LogP contribution >= 0.6 is 0 Å². The molecule has 0 unspecified atom stereocenters. The molecule has 0 amide bonds. The summed E-state index contributed by atoms with van der Waals surface area (Å²) in [6.45, 7) is 7.81. The second-order valence-electron chi connectivity index (χ2n) is 4.33. The molecule has 4 nitrogen and oxygen atoms in total. The fraction of sp³-hybridized carbons (Fsp3) is 0.643. The Bertz CT molecular complexity index is 331. The lowest BCUT2D eigenvalue weighted by Crippen LogP contribution is -2.30. The molecule has 0 bridgehead atoms. The van der Waals surface area contributed by atoms with E-state index >= 15 is 0 Å². The number of unbranched alkanes of at least 4 members (excludes halogenated alkanes) is 1. The van der Waals surface area contributed by atoms with Crippen LogP contribution in [0, 0.1) is 0 Å². The van der Waals surface area contributed by atoms with E-state index in [1.165, 1.54) is 5.56 Å². The summed E-state index contributed by atoms with van der Waals surface area (Å²) in [6.07, 6.45) is 4.09. The van der Waals surface area contributed by atoms with E-state index in [1.807, 2.05) is 12.3 Å². The summed E-state index contributed by atoms with van der Waals surface area (Å²) in [5, 5.41) is 12.5. The number of aromatic nitrogens is 1. The van der Waals surface area contributed by atoms with Gasteiger partial charge in [-0.15, -0.1) is 0 Å². The molecule has 1 aromatic heterocycles. The van der Waals surface area contributed by atoms with Gasteiger partial charge in [-0.25, -0.2) is 4.98 Å². The van der Waals surface area contributed by atoms with Crippen molar-refractivity contribution in [3.8, 4) is 0 Å². The zero-order chi connectivity index (χ0) is 13.2. The molecule has 0 aromatic carbocycles. The molecule has 18 heavy (non-hydrogen) atoms. The van der Waals surface area contributed by atoms with Crippen molar-refractivity contribution in [1.82, 2.24) is 10.3 Å². The number of hydrogen-bond donors (Lipinski definition) is 2. The smallest absolute Gasteiger partial charge is 0.133 e. The molecule has 0 radical (unpaired) electrons. The van der Waals surface area contributed by atoms with Crippen molar-refractivity contribution >= 4 is 5.82 Å². The van der Waals surface area contributed by atoms with Crippen LogP contribution in [0.2, 0.25) is 0 Å². The molecular weight excluding hydrogens is 226 g/mol. The first kappa shape index (κ1) is 14.9. The maximum absolute atomic E-state index is 9.18. The Morgan fingerprint density at radius 1 is 1.33 bits per heavy atom. The van der Waals surface area contributed by atoms with E-state index in [1.54, 1.807) is 0 Å². The van der Waals surface area contributed by atoms with Crippen LogP contribution in [0.3, 0.4) is 0 Å². The molecule has 2 N–H and O–H groups in total. The van der Waals surface area contributed by atoms with E-state index in [0.29, 0.717) is 6.54 Å². The third-order valence-electron chi connectivity index (χ3n) is 2.88. The van der Waals surface area contributed by atoms with Crippen LogP contribution in [-0.4, -0.2) is 36.3 Å². The summed E-state index contributed by atoms with van der Waals surface area (Å²) >= 11 is 0. The number of nitrogens with one attached hydrogen (secondary N) is 1. The van der Waals surface area contributed by atoms with Gasteiger partial charge in [0.25, 0.3) is 0 Å². The van der Waals surface area contributed by atoms with Crippen LogP contribution in [0.15, 0.2) is 18.3 Å². The lowest BCUT2D eigenvalue weighted by molar-refractivity contribution is 0.301. The highest BCUT2D eigenvalue weighted by atomic mass is 16.3. The summed E-state index contributed by atoms with van der Waals surface area (Å²) in [4.78, 5) is 6.66. The Morgan fingerprint density at radius 2 is 2.17 bits per heavy atom. The minimum atomic E-state index is 0.168. The number of pyridine rings is 1. The van der Waals surface area contributed by atoms with E-state index in [2.05, 4.69) is 35.1 Å². The van der Waals surface area contributed by atoms with Crippen molar-refractivity contribution in [3.05, 3.63) is 23.9 Å². The Hall–Kier alpha value is -1.13. The molecule has 4 heteroatoms. The van der Waals surface area contributed by atoms with Crippen molar-refractivity contribution in [2.24, 2.45) is 0 Å². The second kappa shape index (κ2) is 8.89. The van der Waals surface area contributed by atoms with Crippen LogP contribution in [0.5, 0.6) is 0 Å². The largest absolute Gasteiger partial charge is 0.395 e. The monoisotopic (exact) mass is 251 g/mol. The van der Waals surface area contributed by atoms with Gasteiger partial charge in [-0.1, -0.05) is 26.3 Å². The van der Waals surface area contributed by atoms with Gasteiger partial charge in [0.15, 0.2) is 0 Å². The van der Waals surface area contributed by atoms with Crippen LogP contribution in [0.4, 0.5) is 5.82 Å². The molecule has 0 saturated carbocycles. The van der Waals surface area contributed by atoms with Gasteiger partial charge < -0.3 is 15.3 Å². The van der Waals surface area contributed by atoms with Crippen molar-refractivity contribution in [1.29, 1.82) is 0 Å². The molecule has 1 rings (SSSR count). The predicted molar refractivity (Wildman–Crippen MR) is 75.8 cm³/mol. The number of nitrogens with zero attached hydrogens (tertiary/aromatic N) is 2. The second-order valence-corrected chi connectivity index (χ2v) is 4.33. The molecule has 0 aliphatic carbocycles. The first-order chi connectivity index (χ1) is 8.83. The first-order valence-electron chi connectivity index (χ1n) is 6.83. The molecule has 0 aliphatic rings. The molecule has 0 aliphatic heterocycles. The van der Waals surface area contributed by atoms with Gasteiger partial charge in [0.2, 0.25) is 0 Å². The van der Waals surface area contributed by atoms with Crippen molar-refractivity contribution in [2.75, 3.05) is 31.1 Å². The van der Waals surface area contributed by atoms with Crippen molar-refractivity contribution in [2.45, 2.75) is 33.2 Å². The highest BCUT2D eigenvalue weighted by molar-refractivity contribution is 5.46. The average molecular weight is 251 g/mol. The zero-order valence-electron chi connectivity index (χ0n) is 11.5. The summed E-state index contributed by atoms with van der Waals surface area (Å²) in [7, 11) is 0. The number of hydrogen-bond acceptors (Lipinski definition) is 4. The lowest BCUT2D eigenvalue weighted by Gasteiger charge is -2.25. The quantitative estimate of drug-likeness (QED) is 0.702. The summed E-state index contributed by atoms with van der Waals surface area (Å²) in [5.41, 5.74) is 1.20. The van der Waals surface area contributed by atoms with Crippen LogP contribution in [0.25, 0.3) is 0 Å². The standard InChI is InChI=1S/C14H25N3O/c1-3-5-9-17(10-11-18)14-13(12-15-4-2)7-6-8-16-14/h6-8,15,18H,3-5,9-12H2,1-2H3. The van der Waals surface area contributed by atoms with E-state index in [9.17, 15) is 5.11 Å². The number of aliphatic hydroxyl groups excluding tert-OH is 1. The van der Waals surface area contributed by atoms with Crippen LogP contribution in [0.1, 0.15) is 32.3 Å². The average Bonchev–Trinajstić information content (AvgIpc) is 2.41. The van der Waals surface area contributed by atoms with Gasteiger partial charge in [-0.05, 0) is 19.0 Å². The fourth-order valence-electron chi connectivity index (χ4n) is 1.91. The van der Waals surface area contributed by atoms with Gasteiger partial charge in [0.1, 0.15) is 5.82 Å². The zero-order valence-corrected chi connectivity index (χ0v) is 11.5. The molecule has 0 spiro atoms. The molecule has 1 heterocycles. The van der Waals surface area contributed by atoms with Gasteiger partial charge in [0, 0.05) is 31.4 Å². The molecular formula is C14H25N3O. The fourth-order valence-corrected chi connectivity index (χ4v) is 1.91. The number of aliphatic hydroxyl groups is 1. The SMILES string of the molecule is CCCCN(CCO)c1ncccc1CNCC. The highest BCUT2D eigenvalue weighted by Gasteiger charge is 2.11. The topological polar surface area (TPSA) is 48.4 Å². The van der Waals surface area contributed by atoms with E-state index in [0.717, 1.165) is 38.3 Å². The van der Waals surface area contributed by atoms with E-state index in [4.69, 9.17) is 0 Å². The third kappa shape index (κ3) is 4.63. The van der Waals surface area contributed by atoms with Gasteiger partial charge in [0.05, 0.1) is 6.61 Å². The predicted octanol–water partition coefficient (Wildman–Crippen LogP) is 1.79. The summed E-state index contributed by atoms with van der Waals surface area (Å²) in [5.74, 6) is 1.00. The molecule has 0 saturated heterocycles. The molecule has 102 valence electrons. The molecule has 0 fully saturated rings. The van der Waals surface area contributed by atoms with Gasteiger partial charge >= 0.3 is 0 Å². The van der Waals surface area contributed by atoms with Gasteiger partial charge in [-0.3, -0.25) is 0 Å². The maximum atomic E-state index is 9.18. The third-order valence-corrected chi connectivity index (χ3v) is 2.88. The van der Waals surface area contributed by atoms with Crippen LogP contribution < -0.4 is 10.2 Å². The van der Waals surface area contributed by atoms with Crippen molar-refractivity contribution < 1.29 is 5.11 Å². The molecule has 1 aromatic rings. The van der Waals surface area contributed by atoms with Crippen molar-refractivity contribution in [3.63, 3.8) is 0 Å².